The second kappa shape index (κ2) is 13.9. The fourth-order valence-corrected chi connectivity index (χ4v) is 7.55. The van der Waals surface area contributed by atoms with Crippen LogP contribution in [0.25, 0.3) is 5.57 Å². The Morgan fingerprint density at radius 1 is 1.16 bits per heavy atom. The lowest BCUT2D eigenvalue weighted by Gasteiger charge is -2.31. The maximum Gasteiger partial charge on any atom is 0.407 e. The van der Waals surface area contributed by atoms with Crippen LogP contribution in [0.15, 0.2) is 59.6 Å². The summed E-state index contributed by atoms with van der Waals surface area (Å²) in [5.74, 6) is -0.432. The van der Waals surface area contributed by atoms with E-state index in [9.17, 15) is 23.1 Å². The Bertz CT molecular complexity index is 1510. The summed E-state index contributed by atoms with van der Waals surface area (Å²) in [5, 5.41) is 17.1. The molecule has 0 spiro atoms. The third-order valence-corrected chi connectivity index (χ3v) is 9.90. The molecule has 2 aromatic carbocycles. The number of aliphatic hydroxyl groups is 1. The van der Waals surface area contributed by atoms with Gasteiger partial charge in [-0.05, 0) is 42.5 Å². The van der Waals surface area contributed by atoms with E-state index in [1.165, 1.54) is 16.4 Å². The summed E-state index contributed by atoms with van der Waals surface area (Å²) in [5.41, 5.74) is 2.22. The molecule has 244 valence electrons. The van der Waals surface area contributed by atoms with E-state index in [1.54, 1.807) is 31.3 Å². The van der Waals surface area contributed by atoms with Crippen molar-refractivity contribution in [1.82, 2.24) is 14.5 Å². The predicted octanol–water partition coefficient (Wildman–Crippen LogP) is 2.65. The van der Waals surface area contributed by atoms with Gasteiger partial charge in [-0.3, -0.25) is 4.79 Å². The Kier molecular flexibility index (Phi) is 10.1. The molecule has 0 aromatic heterocycles. The number of anilines is 1. The van der Waals surface area contributed by atoms with E-state index >= 15 is 0 Å². The Morgan fingerprint density at radius 2 is 1.91 bits per heavy atom. The Morgan fingerprint density at radius 3 is 2.62 bits per heavy atom. The number of benzene rings is 2. The zero-order chi connectivity index (χ0) is 32.3. The quantitative estimate of drug-likeness (QED) is 0.298. The largest absolute Gasteiger partial charge is 0.443 e. The summed E-state index contributed by atoms with van der Waals surface area (Å²) in [7, 11) is -0.567. The average molecular weight is 643 g/mol. The molecule has 3 aliphatic rings. The van der Waals surface area contributed by atoms with Gasteiger partial charge in [0.15, 0.2) is 6.29 Å². The summed E-state index contributed by atoms with van der Waals surface area (Å²) >= 11 is 0. The van der Waals surface area contributed by atoms with Gasteiger partial charge in [0.25, 0.3) is 5.91 Å². The molecule has 0 saturated carbocycles. The van der Waals surface area contributed by atoms with Crippen molar-refractivity contribution in [3.05, 3.63) is 65.9 Å². The van der Waals surface area contributed by atoms with Gasteiger partial charge in [-0.25, -0.2) is 13.2 Å². The first-order chi connectivity index (χ1) is 21.4. The summed E-state index contributed by atoms with van der Waals surface area (Å²) in [6.07, 6.45) is -0.248. The van der Waals surface area contributed by atoms with Gasteiger partial charge in [-0.1, -0.05) is 44.2 Å². The van der Waals surface area contributed by atoms with Crippen molar-refractivity contribution in [2.75, 3.05) is 45.7 Å². The van der Waals surface area contributed by atoms with E-state index in [-0.39, 0.29) is 55.0 Å². The lowest BCUT2D eigenvalue weighted by Crippen LogP contribution is -2.51. The second-order valence-corrected chi connectivity index (χ2v) is 14.3. The van der Waals surface area contributed by atoms with Gasteiger partial charge in [0, 0.05) is 44.6 Å². The molecule has 0 bridgehead atoms. The summed E-state index contributed by atoms with van der Waals surface area (Å²) in [6.45, 7) is 4.38. The van der Waals surface area contributed by atoms with Crippen LogP contribution in [0, 0.1) is 11.8 Å². The third-order valence-electron chi connectivity index (χ3n) is 8.07. The van der Waals surface area contributed by atoms with Gasteiger partial charge in [-0.2, -0.15) is 4.31 Å². The molecular formula is C32H42N4O8S. The van der Waals surface area contributed by atoms with Crippen molar-refractivity contribution in [1.29, 1.82) is 0 Å². The maximum absolute atomic E-state index is 14.1. The zero-order valence-corrected chi connectivity index (χ0v) is 26.8. The van der Waals surface area contributed by atoms with E-state index in [2.05, 4.69) is 10.6 Å². The number of hydrogen-bond acceptors (Lipinski definition) is 9. The van der Waals surface area contributed by atoms with Gasteiger partial charge in [0.2, 0.25) is 10.0 Å². The molecule has 45 heavy (non-hydrogen) atoms. The van der Waals surface area contributed by atoms with Crippen LogP contribution in [0.4, 0.5) is 10.5 Å². The highest BCUT2D eigenvalue weighted by Gasteiger charge is 2.44. The smallest absolute Gasteiger partial charge is 0.407 e. The molecule has 0 aliphatic carbocycles. The van der Waals surface area contributed by atoms with Crippen LogP contribution < -0.4 is 10.6 Å². The van der Waals surface area contributed by atoms with Crippen molar-refractivity contribution in [3.8, 4) is 0 Å². The molecule has 3 aliphatic heterocycles. The van der Waals surface area contributed by atoms with Crippen molar-refractivity contribution in [2.45, 2.75) is 56.1 Å². The number of ether oxygens (including phenoxy) is 3. The number of amides is 2. The van der Waals surface area contributed by atoms with Crippen LogP contribution in [0.5, 0.6) is 0 Å². The zero-order valence-electron chi connectivity index (χ0n) is 26.0. The maximum atomic E-state index is 14.1. The Hall–Kier alpha value is -3.49. The highest BCUT2D eigenvalue weighted by atomic mass is 32.2. The number of fused-ring (bicyclic) bond motifs is 2. The standard InChI is InChI=1S/C32H42N4O8S/c1-20(2)16-36(45(40,41)22-10-11-26-24(15-22)25(17-35(3)4)30(38)33-26)18-28(37)27(14-21-8-6-5-7-9-21)34-32(39)44-29-19-43-31-23(29)12-13-42-31/h5-11,15,17,20,23,27-29,31,37H,12-14,16,18-19H2,1-4H3,(H,33,38)(H,34,39)/t23-,27-,28+,29-,31+/m0/s1. The monoisotopic (exact) mass is 642 g/mol. The molecule has 3 heterocycles. The molecule has 3 N–H and O–H groups in total. The molecule has 0 unspecified atom stereocenters. The van der Waals surface area contributed by atoms with Crippen LogP contribution in [0.2, 0.25) is 0 Å². The van der Waals surface area contributed by atoms with E-state index < -0.39 is 34.4 Å². The Balaban J connectivity index is 1.37. The number of carbonyl (C=O) groups is 2. The molecule has 5 atom stereocenters. The topological polar surface area (TPSA) is 147 Å². The van der Waals surface area contributed by atoms with Crippen LogP contribution in [0.3, 0.4) is 0 Å². The first-order valence-electron chi connectivity index (χ1n) is 15.2. The molecule has 5 rings (SSSR count). The Labute approximate surface area is 264 Å². The molecule has 2 aromatic rings. The molecule has 0 radical (unpaired) electrons. The van der Waals surface area contributed by atoms with E-state index in [0.29, 0.717) is 23.4 Å². The van der Waals surface area contributed by atoms with Crippen molar-refractivity contribution >= 4 is 33.3 Å². The summed E-state index contributed by atoms with van der Waals surface area (Å²) in [4.78, 5) is 27.4. The normalized spacial score (nSPS) is 23.1. The lowest BCUT2D eigenvalue weighted by molar-refractivity contribution is -0.110. The van der Waals surface area contributed by atoms with Gasteiger partial charge >= 0.3 is 6.09 Å². The van der Waals surface area contributed by atoms with Crippen LogP contribution in [-0.2, 0) is 35.4 Å². The second-order valence-electron chi connectivity index (χ2n) is 12.4. The SMILES string of the molecule is CC(C)CN(C[C@@H](O)[C@H](Cc1ccccc1)NC(=O)O[C@H]1CO[C@H]2OCC[C@H]21)S(=O)(=O)c1ccc2c(c1)C(=CN(C)C)C(=O)N2. The average Bonchev–Trinajstić information content (AvgIpc) is 3.68. The number of alkyl carbamates (subject to hydrolysis) is 1. The van der Waals surface area contributed by atoms with Crippen LogP contribution in [-0.4, -0.2) is 99.7 Å². The third kappa shape index (κ3) is 7.67. The van der Waals surface area contributed by atoms with E-state index in [0.717, 1.165) is 12.0 Å². The minimum atomic E-state index is -4.13. The van der Waals surface area contributed by atoms with Crippen LogP contribution in [0.1, 0.15) is 31.4 Å². The number of carbonyl (C=O) groups excluding carboxylic acids is 2. The number of sulfonamides is 1. The number of nitrogens with one attached hydrogen (secondary N) is 2. The van der Waals surface area contributed by atoms with E-state index in [4.69, 9.17) is 14.2 Å². The lowest BCUT2D eigenvalue weighted by atomic mass is 10.0. The van der Waals surface area contributed by atoms with Gasteiger partial charge in [-0.15, -0.1) is 0 Å². The minimum absolute atomic E-state index is 0.00296. The van der Waals surface area contributed by atoms with Gasteiger partial charge in [0.05, 0.1) is 41.7 Å². The van der Waals surface area contributed by atoms with Gasteiger partial charge < -0.3 is 34.9 Å². The molecule has 12 nitrogen and oxygen atoms in total. The van der Waals surface area contributed by atoms with Crippen LogP contribution >= 0.6 is 0 Å². The molecule has 2 fully saturated rings. The molecule has 2 amide bonds. The number of nitrogens with zero attached hydrogens (tertiary/aromatic N) is 2. The summed E-state index contributed by atoms with van der Waals surface area (Å²) < 4.78 is 46.2. The van der Waals surface area contributed by atoms with Gasteiger partial charge in [0.1, 0.15) is 6.10 Å². The molecule has 2 saturated heterocycles. The van der Waals surface area contributed by atoms with Crippen molar-refractivity contribution in [2.24, 2.45) is 11.8 Å². The highest BCUT2D eigenvalue weighted by molar-refractivity contribution is 7.89. The number of rotatable bonds is 12. The first kappa shape index (κ1) is 32.9. The fraction of sp³-hybridized carbons (Fsp3) is 0.500. The summed E-state index contributed by atoms with van der Waals surface area (Å²) in [6, 6.07) is 13.0. The first-order valence-corrected chi connectivity index (χ1v) is 16.6. The number of aliphatic hydroxyl groups excluding tert-OH is 1. The van der Waals surface area contributed by atoms with Crippen molar-refractivity contribution < 1.29 is 37.3 Å². The van der Waals surface area contributed by atoms with E-state index in [1.807, 2.05) is 44.2 Å². The fourth-order valence-electron chi connectivity index (χ4n) is 5.90. The highest BCUT2D eigenvalue weighted by Crippen LogP contribution is 2.35. The molecule has 13 heteroatoms. The molecular weight excluding hydrogens is 600 g/mol. The predicted molar refractivity (Wildman–Crippen MR) is 167 cm³/mol. The number of hydrogen-bond donors (Lipinski definition) is 3. The van der Waals surface area contributed by atoms with Crippen molar-refractivity contribution in [3.63, 3.8) is 0 Å². The minimum Gasteiger partial charge on any atom is -0.443 e.